The summed E-state index contributed by atoms with van der Waals surface area (Å²) in [5.41, 5.74) is 9.20. The fourth-order valence-corrected chi connectivity index (χ4v) is 8.81. The van der Waals surface area contributed by atoms with Crippen LogP contribution in [-0.4, -0.2) is 44.9 Å². The van der Waals surface area contributed by atoms with E-state index in [0.717, 1.165) is 48.3 Å². The fourth-order valence-electron chi connectivity index (χ4n) is 8.81. The first-order valence-corrected chi connectivity index (χ1v) is 15.0. The smallest absolute Gasteiger partial charge is 0.257 e. The Morgan fingerprint density at radius 1 is 1.05 bits per heavy atom. The van der Waals surface area contributed by atoms with Crippen LogP contribution in [0.4, 0.5) is 0 Å². The molecule has 202 valence electrons. The lowest BCUT2D eigenvalue weighted by Gasteiger charge is -2.45. The van der Waals surface area contributed by atoms with Crippen LogP contribution in [0.25, 0.3) is 11.0 Å². The van der Waals surface area contributed by atoms with Gasteiger partial charge < -0.3 is 11.1 Å². The van der Waals surface area contributed by atoms with Gasteiger partial charge in [0.25, 0.3) is 5.91 Å². The van der Waals surface area contributed by atoms with Gasteiger partial charge in [-0.15, -0.1) is 0 Å². The first-order chi connectivity index (χ1) is 18.4. The zero-order chi connectivity index (χ0) is 26.0. The molecule has 3 N–H and O–H groups in total. The molecule has 2 unspecified atom stereocenters. The number of hydrogen-bond acceptors (Lipinski definition) is 6. The molecule has 5 aliphatic rings. The molecule has 1 saturated heterocycles. The van der Waals surface area contributed by atoms with Gasteiger partial charge in [0.2, 0.25) is 0 Å². The third-order valence-corrected chi connectivity index (χ3v) is 11.0. The molecule has 38 heavy (non-hydrogen) atoms. The Balaban J connectivity index is 1.03. The van der Waals surface area contributed by atoms with Crippen LogP contribution >= 0.6 is 0 Å². The van der Waals surface area contributed by atoms with Gasteiger partial charge in [-0.1, -0.05) is 57.1 Å². The lowest BCUT2D eigenvalue weighted by Crippen LogP contribution is -2.53. The second-order valence-electron chi connectivity index (χ2n) is 13.3. The molecule has 7 nitrogen and oxygen atoms in total. The van der Waals surface area contributed by atoms with E-state index in [0.29, 0.717) is 23.3 Å². The van der Waals surface area contributed by atoms with Crippen molar-refractivity contribution in [3.63, 3.8) is 0 Å². The number of guanidine groups is 1. The van der Waals surface area contributed by atoms with Crippen LogP contribution in [0, 0.1) is 17.3 Å². The summed E-state index contributed by atoms with van der Waals surface area (Å²) in [5, 5.41) is 3.96. The Hall–Kier alpha value is -2.54. The lowest BCUT2D eigenvalue weighted by molar-refractivity contribution is -0.131. The quantitative estimate of drug-likeness (QED) is 0.548. The van der Waals surface area contributed by atoms with Gasteiger partial charge in [0.05, 0.1) is 29.0 Å². The maximum Gasteiger partial charge on any atom is 0.257 e. The van der Waals surface area contributed by atoms with Gasteiger partial charge in [0.15, 0.2) is 5.96 Å². The van der Waals surface area contributed by atoms with Gasteiger partial charge in [-0.05, 0) is 74.3 Å². The van der Waals surface area contributed by atoms with Gasteiger partial charge in [0, 0.05) is 12.6 Å². The van der Waals surface area contributed by atoms with E-state index in [2.05, 4.69) is 10.3 Å². The Morgan fingerprint density at radius 3 is 2.58 bits per heavy atom. The Bertz CT molecular complexity index is 1260. The zero-order valence-corrected chi connectivity index (χ0v) is 22.8. The molecule has 0 bridgehead atoms. The molecule has 1 amide bonds. The van der Waals surface area contributed by atoms with E-state index in [1.807, 2.05) is 30.5 Å². The van der Waals surface area contributed by atoms with Crippen LogP contribution in [0.15, 0.2) is 35.5 Å². The van der Waals surface area contributed by atoms with Gasteiger partial charge in [-0.25, -0.2) is 9.98 Å². The van der Waals surface area contributed by atoms with E-state index in [4.69, 9.17) is 15.7 Å². The number of aliphatic imine (C=N–C) groups is 1. The van der Waals surface area contributed by atoms with Crippen molar-refractivity contribution in [3.05, 3.63) is 36.2 Å². The zero-order valence-electron chi connectivity index (χ0n) is 22.8. The predicted octanol–water partition coefficient (Wildman–Crippen LogP) is 5.26. The first-order valence-electron chi connectivity index (χ1n) is 15.0. The van der Waals surface area contributed by atoms with Crippen LogP contribution in [0.5, 0.6) is 0 Å². The number of fused-ring (bicyclic) bond motifs is 2. The van der Waals surface area contributed by atoms with Crippen molar-refractivity contribution in [3.8, 4) is 0 Å². The molecule has 5 atom stereocenters. The van der Waals surface area contributed by atoms with Crippen LogP contribution in [0.3, 0.4) is 0 Å². The van der Waals surface area contributed by atoms with Crippen molar-refractivity contribution in [2.24, 2.45) is 28.0 Å². The standard InChI is InChI=1S/C31H42N6O/c1-37-27(38)30(36-28(37)32,15-13-21-8-3-2-4-9-21)17-22-10-7-14-29(16-22)20-31(29)18-25(35-31)26-19-33-23-11-5-6-12-24(23)34-26/h5-6,11-12,19,21-22,25,35H,2-4,7-10,13-18,20H2,1H3,(H2,32,36)/t22-,25?,29?,30+,31+/m0/s1. The highest BCUT2D eigenvalue weighted by Gasteiger charge is 2.72. The van der Waals surface area contributed by atoms with E-state index in [1.54, 1.807) is 11.9 Å². The van der Waals surface area contributed by atoms with Crippen LogP contribution in [-0.2, 0) is 4.79 Å². The molecule has 1 aromatic heterocycles. The summed E-state index contributed by atoms with van der Waals surface area (Å²) in [7, 11) is 1.80. The molecule has 2 aliphatic heterocycles. The number of aromatic nitrogens is 2. The molecule has 3 saturated carbocycles. The summed E-state index contributed by atoms with van der Waals surface area (Å²) in [5.74, 6) is 1.82. The number of hydrogen-bond donors (Lipinski definition) is 2. The Labute approximate surface area is 226 Å². The number of nitrogens with two attached hydrogens (primary N) is 1. The second kappa shape index (κ2) is 9.00. The minimum absolute atomic E-state index is 0.132. The Morgan fingerprint density at radius 2 is 1.82 bits per heavy atom. The van der Waals surface area contributed by atoms with Gasteiger partial charge in [0.1, 0.15) is 5.54 Å². The molecule has 0 radical (unpaired) electrons. The number of para-hydroxylation sites is 2. The number of nitrogens with zero attached hydrogens (tertiary/aromatic N) is 4. The van der Waals surface area contributed by atoms with Crippen molar-refractivity contribution in [2.75, 3.05) is 7.05 Å². The summed E-state index contributed by atoms with van der Waals surface area (Å²) in [6.07, 6.45) is 18.8. The van der Waals surface area contributed by atoms with E-state index in [-0.39, 0.29) is 11.4 Å². The van der Waals surface area contributed by atoms with Gasteiger partial charge >= 0.3 is 0 Å². The summed E-state index contributed by atoms with van der Waals surface area (Å²) in [4.78, 5) is 29.6. The topological polar surface area (TPSA) is 96.5 Å². The number of nitrogens with one attached hydrogen (secondary N) is 1. The highest BCUT2D eigenvalue weighted by Crippen LogP contribution is 2.72. The summed E-state index contributed by atoms with van der Waals surface area (Å²) >= 11 is 0. The molecule has 1 aromatic carbocycles. The number of amides is 1. The van der Waals surface area contributed by atoms with E-state index >= 15 is 0 Å². The highest BCUT2D eigenvalue weighted by molar-refractivity contribution is 6.06. The van der Waals surface area contributed by atoms with Crippen molar-refractivity contribution >= 4 is 22.9 Å². The van der Waals surface area contributed by atoms with E-state index < -0.39 is 5.54 Å². The van der Waals surface area contributed by atoms with Crippen molar-refractivity contribution < 1.29 is 4.79 Å². The summed E-state index contributed by atoms with van der Waals surface area (Å²) < 4.78 is 0. The molecule has 3 heterocycles. The number of likely N-dealkylation sites (N-methyl/N-ethyl adjacent to an activating group) is 1. The average molecular weight is 515 g/mol. The number of carbonyl (C=O) groups is 1. The monoisotopic (exact) mass is 514 g/mol. The maximum absolute atomic E-state index is 13.6. The van der Waals surface area contributed by atoms with Crippen LogP contribution in [0.2, 0.25) is 0 Å². The molecule has 2 spiro atoms. The van der Waals surface area contributed by atoms with Crippen molar-refractivity contribution in [1.29, 1.82) is 0 Å². The minimum Gasteiger partial charge on any atom is -0.369 e. The molecular weight excluding hydrogens is 472 g/mol. The average Bonchev–Trinajstić information content (AvgIpc) is 3.50. The maximum atomic E-state index is 13.6. The third kappa shape index (κ3) is 3.95. The predicted molar refractivity (Wildman–Crippen MR) is 149 cm³/mol. The van der Waals surface area contributed by atoms with E-state index in [1.165, 1.54) is 64.2 Å². The Kier molecular flexibility index (Phi) is 5.80. The van der Waals surface area contributed by atoms with Crippen molar-refractivity contribution in [1.82, 2.24) is 20.2 Å². The largest absolute Gasteiger partial charge is 0.369 e. The number of carbonyl (C=O) groups excluding carboxylic acids is 1. The SMILES string of the molecule is CN1C(=O)[C@@](CCC2CCCCC2)(C[C@H]2CCCC3(C2)C[C@]32CC(c3cnc4ccccc4n3)N2)N=C1N. The van der Waals surface area contributed by atoms with Gasteiger partial charge in [-0.3, -0.25) is 14.7 Å². The fraction of sp³-hybridized carbons (Fsp3) is 0.677. The number of benzene rings is 1. The van der Waals surface area contributed by atoms with Crippen LogP contribution in [0.1, 0.15) is 102 Å². The first kappa shape index (κ1) is 24.5. The van der Waals surface area contributed by atoms with E-state index in [9.17, 15) is 4.79 Å². The lowest BCUT2D eigenvalue weighted by atomic mass is 9.68. The molecule has 7 rings (SSSR count). The molecule has 7 heteroatoms. The highest BCUT2D eigenvalue weighted by atomic mass is 16.2. The molecule has 3 aliphatic carbocycles. The molecule has 2 aromatic rings. The normalized spacial score (nSPS) is 37.1. The molecule has 4 fully saturated rings. The second-order valence-corrected chi connectivity index (χ2v) is 13.3. The summed E-state index contributed by atoms with van der Waals surface area (Å²) in [6, 6.07) is 8.40. The number of rotatable bonds is 6. The summed E-state index contributed by atoms with van der Waals surface area (Å²) in [6.45, 7) is 0. The molecular formula is C31H42N6O. The van der Waals surface area contributed by atoms with Gasteiger partial charge in [-0.2, -0.15) is 0 Å². The minimum atomic E-state index is -0.641. The van der Waals surface area contributed by atoms with Crippen LogP contribution < -0.4 is 11.1 Å². The third-order valence-electron chi connectivity index (χ3n) is 11.0. The van der Waals surface area contributed by atoms with Crippen molar-refractivity contribution in [2.45, 2.75) is 107 Å².